The molecule has 0 bridgehead atoms. The Bertz CT molecular complexity index is 1160. The molecule has 6 nitrogen and oxygen atoms in total. The van der Waals surface area contributed by atoms with Crippen LogP contribution in [0, 0.1) is 6.92 Å². The van der Waals surface area contributed by atoms with Gasteiger partial charge in [-0.2, -0.15) is 0 Å². The van der Waals surface area contributed by atoms with Gasteiger partial charge < -0.3 is 5.32 Å². The summed E-state index contributed by atoms with van der Waals surface area (Å²) in [4.78, 5) is 16.8. The van der Waals surface area contributed by atoms with Gasteiger partial charge in [0.1, 0.15) is 11.3 Å². The number of amides is 1. The smallest absolute Gasteiger partial charge is 0.231 e. The van der Waals surface area contributed by atoms with Gasteiger partial charge in [-0.05, 0) is 36.8 Å². The third-order valence-electron chi connectivity index (χ3n) is 4.27. The number of anilines is 1. The van der Waals surface area contributed by atoms with Crippen molar-refractivity contribution in [2.75, 3.05) is 5.32 Å². The molecule has 0 aliphatic heterocycles. The molecule has 1 amide bonds. The zero-order valence-corrected chi connectivity index (χ0v) is 18.5. The van der Waals surface area contributed by atoms with Crippen LogP contribution < -0.4 is 5.32 Å². The Kier molecular flexibility index (Phi) is 6.47. The van der Waals surface area contributed by atoms with E-state index in [0.29, 0.717) is 10.8 Å². The number of thiazole rings is 1. The highest BCUT2D eigenvalue weighted by atomic mass is 35.5. The van der Waals surface area contributed by atoms with E-state index in [9.17, 15) is 4.79 Å². The van der Waals surface area contributed by atoms with Crippen molar-refractivity contribution in [2.45, 2.75) is 24.3 Å². The number of nitrogens with one attached hydrogen (secondary N) is 1. The number of hydrogen-bond acceptors (Lipinski definition) is 6. The Balaban J connectivity index is 1.37. The monoisotopic (exact) mass is 455 g/mol. The highest BCUT2D eigenvalue weighted by molar-refractivity contribution is 7.98. The van der Waals surface area contributed by atoms with Gasteiger partial charge in [0.15, 0.2) is 5.16 Å². The second-order valence-corrected chi connectivity index (χ2v) is 8.82. The molecule has 0 fully saturated rings. The lowest BCUT2D eigenvalue weighted by atomic mass is 10.2. The molecule has 0 spiro atoms. The first-order valence-electron chi connectivity index (χ1n) is 9.16. The minimum absolute atomic E-state index is 0.0780. The number of nitrogens with zero attached hydrogens (tertiary/aromatic N) is 4. The fourth-order valence-electron chi connectivity index (χ4n) is 2.73. The third kappa shape index (κ3) is 5.08. The predicted octanol–water partition coefficient (Wildman–Crippen LogP) is 5.16. The first-order chi connectivity index (χ1) is 14.6. The average Bonchev–Trinajstić information content (AvgIpc) is 3.38. The maximum absolute atomic E-state index is 12.2. The van der Waals surface area contributed by atoms with Crippen molar-refractivity contribution in [3.8, 4) is 5.69 Å². The number of aromatic nitrogens is 4. The lowest BCUT2D eigenvalue weighted by Crippen LogP contribution is -2.14. The van der Waals surface area contributed by atoms with Crippen molar-refractivity contribution in [1.29, 1.82) is 0 Å². The lowest BCUT2D eigenvalue weighted by Gasteiger charge is -2.07. The van der Waals surface area contributed by atoms with Gasteiger partial charge in [0, 0.05) is 21.8 Å². The Labute approximate surface area is 187 Å². The van der Waals surface area contributed by atoms with Gasteiger partial charge in [0.2, 0.25) is 5.91 Å². The molecule has 4 aromatic rings. The third-order valence-corrected chi connectivity index (χ3v) is 6.55. The normalized spacial score (nSPS) is 10.9. The summed E-state index contributed by atoms with van der Waals surface area (Å²) < 4.78 is 1.90. The molecule has 0 atom stereocenters. The molecule has 152 valence electrons. The van der Waals surface area contributed by atoms with E-state index in [1.807, 2.05) is 65.4 Å². The summed E-state index contributed by atoms with van der Waals surface area (Å²) in [6.07, 6.45) is 1.92. The van der Waals surface area contributed by atoms with Gasteiger partial charge in [0.25, 0.3) is 0 Å². The second-order valence-electron chi connectivity index (χ2n) is 6.53. The molecule has 0 unspecified atom stereocenters. The van der Waals surface area contributed by atoms with Crippen LogP contribution in [-0.4, -0.2) is 25.7 Å². The summed E-state index contributed by atoms with van der Waals surface area (Å²) in [6.45, 7) is 1.97. The van der Waals surface area contributed by atoms with Crippen LogP contribution in [0.5, 0.6) is 0 Å². The number of hydrogen-bond donors (Lipinski definition) is 1. The van der Waals surface area contributed by atoms with Crippen molar-refractivity contribution in [3.63, 3.8) is 0 Å². The van der Waals surface area contributed by atoms with Crippen molar-refractivity contribution < 1.29 is 4.79 Å². The van der Waals surface area contributed by atoms with Gasteiger partial charge >= 0.3 is 0 Å². The van der Waals surface area contributed by atoms with Crippen LogP contribution >= 0.6 is 34.7 Å². The molecule has 2 heterocycles. The van der Waals surface area contributed by atoms with Crippen LogP contribution in [0.2, 0.25) is 5.02 Å². The van der Waals surface area contributed by atoms with E-state index in [2.05, 4.69) is 20.5 Å². The summed E-state index contributed by atoms with van der Waals surface area (Å²) >= 11 is 9.27. The molecule has 0 aliphatic rings. The number of rotatable bonds is 7. The second kappa shape index (κ2) is 9.42. The van der Waals surface area contributed by atoms with Gasteiger partial charge in [0.05, 0.1) is 17.8 Å². The summed E-state index contributed by atoms with van der Waals surface area (Å²) in [5, 5.41) is 15.3. The van der Waals surface area contributed by atoms with E-state index in [-0.39, 0.29) is 12.3 Å². The summed E-state index contributed by atoms with van der Waals surface area (Å²) in [6, 6.07) is 15.3. The topological polar surface area (TPSA) is 72.7 Å². The molecule has 0 saturated carbocycles. The predicted molar refractivity (Wildman–Crippen MR) is 122 cm³/mol. The molecule has 30 heavy (non-hydrogen) atoms. The Morgan fingerprint density at radius 1 is 1.23 bits per heavy atom. The van der Waals surface area contributed by atoms with Crippen LogP contribution in [0.25, 0.3) is 5.69 Å². The van der Waals surface area contributed by atoms with E-state index in [4.69, 9.17) is 11.6 Å². The molecule has 9 heteroatoms. The van der Waals surface area contributed by atoms with Gasteiger partial charge in [-0.3, -0.25) is 9.36 Å². The lowest BCUT2D eigenvalue weighted by molar-refractivity contribution is -0.115. The number of halogens is 1. The molecule has 0 radical (unpaired) electrons. The number of para-hydroxylation sites is 1. The van der Waals surface area contributed by atoms with Crippen molar-refractivity contribution in [3.05, 3.63) is 81.5 Å². The number of benzene rings is 2. The highest BCUT2D eigenvalue weighted by Gasteiger charge is 2.12. The summed E-state index contributed by atoms with van der Waals surface area (Å²) in [7, 11) is 0. The Hall–Kier alpha value is -2.68. The molecule has 0 aliphatic carbocycles. The summed E-state index contributed by atoms with van der Waals surface area (Å²) in [5.74, 6) is 0.556. The van der Waals surface area contributed by atoms with Crippen molar-refractivity contribution >= 4 is 46.3 Å². The maximum atomic E-state index is 12.2. The molecule has 0 saturated heterocycles. The zero-order valence-electron chi connectivity index (χ0n) is 16.1. The van der Waals surface area contributed by atoms with Crippen molar-refractivity contribution in [1.82, 2.24) is 19.7 Å². The van der Waals surface area contributed by atoms with E-state index in [1.54, 1.807) is 6.33 Å². The van der Waals surface area contributed by atoms with Crippen LogP contribution in [-0.2, 0) is 17.0 Å². The van der Waals surface area contributed by atoms with Crippen molar-refractivity contribution in [2.24, 2.45) is 0 Å². The van der Waals surface area contributed by atoms with E-state index in [0.717, 1.165) is 32.8 Å². The summed E-state index contributed by atoms with van der Waals surface area (Å²) in [5.41, 5.74) is 3.62. The number of aryl methyl sites for hydroxylation is 1. The maximum Gasteiger partial charge on any atom is 0.231 e. The van der Waals surface area contributed by atoms with Gasteiger partial charge in [-0.1, -0.05) is 47.6 Å². The molecule has 2 aromatic carbocycles. The molecular weight excluding hydrogens is 438 g/mol. The average molecular weight is 456 g/mol. The fraction of sp³-hybridized carbons (Fsp3) is 0.143. The molecule has 1 N–H and O–H groups in total. The van der Waals surface area contributed by atoms with E-state index >= 15 is 0 Å². The SMILES string of the molecule is Cc1ccc(-n2cnnc2SCc2csc(CC(=O)Nc3ccccc3)n2)cc1Cl. The quantitative estimate of drug-likeness (QED) is 0.390. The first kappa shape index (κ1) is 20.6. The Morgan fingerprint density at radius 2 is 2.07 bits per heavy atom. The van der Waals surface area contributed by atoms with Gasteiger partial charge in [-0.25, -0.2) is 4.98 Å². The van der Waals surface area contributed by atoms with Crippen LogP contribution in [0.1, 0.15) is 16.3 Å². The van der Waals surface area contributed by atoms with Crippen LogP contribution in [0.15, 0.2) is 65.4 Å². The zero-order chi connectivity index (χ0) is 20.9. The first-order valence-corrected chi connectivity index (χ1v) is 11.4. The minimum atomic E-state index is -0.0780. The van der Waals surface area contributed by atoms with Crippen LogP contribution in [0.4, 0.5) is 5.69 Å². The standard InChI is InChI=1S/C21H18ClN5OS2/c1-14-7-8-17(9-18(14)22)27-13-23-26-21(27)30-12-16-11-29-20(25-16)10-19(28)24-15-5-3-2-4-6-15/h2-9,11,13H,10,12H2,1H3,(H,24,28). The molecular formula is C21H18ClN5OS2. The minimum Gasteiger partial charge on any atom is -0.326 e. The molecule has 4 rings (SSSR count). The molecule has 2 aromatic heterocycles. The largest absolute Gasteiger partial charge is 0.326 e. The Morgan fingerprint density at radius 3 is 2.87 bits per heavy atom. The van der Waals surface area contributed by atoms with E-state index < -0.39 is 0 Å². The highest BCUT2D eigenvalue weighted by Crippen LogP contribution is 2.26. The number of carbonyl (C=O) groups is 1. The van der Waals surface area contributed by atoms with Crippen LogP contribution in [0.3, 0.4) is 0 Å². The van der Waals surface area contributed by atoms with Gasteiger partial charge in [-0.15, -0.1) is 21.5 Å². The number of thioether (sulfide) groups is 1. The van der Waals surface area contributed by atoms with E-state index in [1.165, 1.54) is 23.1 Å². The number of carbonyl (C=O) groups excluding carboxylic acids is 1. The fourth-order valence-corrected chi connectivity index (χ4v) is 4.62.